The van der Waals surface area contributed by atoms with Crippen LogP contribution in [0.2, 0.25) is 0 Å². The third-order valence-corrected chi connectivity index (χ3v) is 2.61. The molecule has 1 heterocycles. The number of hydrogen-bond acceptors (Lipinski definition) is 3. The summed E-state index contributed by atoms with van der Waals surface area (Å²) in [6.07, 6.45) is 7.81. The molecule has 0 bridgehead atoms. The highest BCUT2D eigenvalue weighted by molar-refractivity contribution is 5.31. The molecule has 1 aliphatic heterocycles. The average molecular weight is 232 g/mol. The molecule has 0 radical (unpaired) electrons. The van der Waals surface area contributed by atoms with Crippen molar-refractivity contribution in [1.29, 1.82) is 0 Å². The number of nitrogens with zero attached hydrogens (tertiary/aromatic N) is 2. The van der Waals surface area contributed by atoms with Gasteiger partial charge in [0, 0.05) is 0 Å². The van der Waals surface area contributed by atoms with Crippen molar-refractivity contribution in [3.63, 3.8) is 0 Å². The van der Waals surface area contributed by atoms with Crippen LogP contribution in [0.4, 0.5) is 0 Å². The minimum atomic E-state index is 0.677. The first kappa shape index (κ1) is 13.3. The van der Waals surface area contributed by atoms with E-state index < -0.39 is 0 Å². The molecule has 17 heavy (non-hydrogen) atoms. The van der Waals surface area contributed by atoms with E-state index in [1.807, 2.05) is 38.2 Å². The zero-order valence-electron chi connectivity index (χ0n) is 10.6. The van der Waals surface area contributed by atoms with Gasteiger partial charge >= 0.3 is 0 Å². The van der Waals surface area contributed by atoms with Gasteiger partial charge in [0.1, 0.15) is 12.4 Å². The van der Waals surface area contributed by atoms with Gasteiger partial charge in [-0.25, -0.2) is 0 Å². The summed E-state index contributed by atoms with van der Waals surface area (Å²) in [6, 6.07) is 0. The molecule has 1 fully saturated rings. The molecule has 0 aromatic heterocycles. The second-order valence-electron chi connectivity index (χ2n) is 3.71. The number of morpholine rings is 1. The zero-order chi connectivity index (χ0) is 12.7. The Bertz CT molecular complexity index is 378. The van der Waals surface area contributed by atoms with Gasteiger partial charge in [0.15, 0.2) is 0 Å². The van der Waals surface area contributed by atoms with Gasteiger partial charge < -0.3 is 9.64 Å². The maximum absolute atomic E-state index is 5.57. The molecule has 0 saturated carbocycles. The number of rotatable bonds is 4. The highest BCUT2D eigenvalue weighted by atomic mass is 16.5. The first-order valence-electron chi connectivity index (χ1n) is 5.74. The lowest BCUT2D eigenvalue weighted by molar-refractivity contribution is 0.134. The van der Waals surface area contributed by atoms with Gasteiger partial charge in [0.05, 0.1) is 24.5 Å². The van der Waals surface area contributed by atoms with Crippen molar-refractivity contribution in [2.24, 2.45) is 4.99 Å². The predicted octanol–water partition coefficient (Wildman–Crippen LogP) is 2.90. The minimum Gasteiger partial charge on any atom is -0.490 e. The second kappa shape index (κ2) is 6.74. The van der Waals surface area contributed by atoms with Crippen molar-refractivity contribution in [3.05, 3.63) is 48.0 Å². The Kier molecular flexibility index (Phi) is 5.27. The molecule has 0 aliphatic carbocycles. The van der Waals surface area contributed by atoms with Crippen molar-refractivity contribution in [1.82, 2.24) is 4.90 Å². The summed E-state index contributed by atoms with van der Waals surface area (Å²) >= 11 is 0. The summed E-state index contributed by atoms with van der Waals surface area (Å²) in [5, 5.41) is 0. The molecule has 0 aromatic carbocycles. The maximum Gasteiger partial charge on any atom is 0.142 e. The van der Waals surface area contributed by atoms with E-state index in [9.17, 15) is 0 Å². The molecular weight excluding hydrogens is 212 g/mol. The summed E-state index contributed by atoms with van der Waals surface area (Å²) in [5.74, 6) is 0.828. The van der Waals surface area contributed by atoms with Crippen molar-refractivity contribution >= 4 is 6.72 Å². The van der Waals surface area contributed by atoms with Crippen LogP contribution >= 0.6 is 0 Å². The lowest BCUT2D eigenvalue weighted by Crippen LogP contribution is -2.34. The van der Waals surface area contributed by atoms with Crippen LogP contribution in [0.3, 0.4) is 0 Å². The van der Waals surface area contributed by atoms with E-state index in [-0.39, 0.29) is 0 Å². The molecule has 3 heteroatoms. The lowest BCUT2D eigenvalue weighted by Gasteiger charge is -2.32. The Hall–Kier alpha value is -1.77. The molecule has 0 N–H and O–H groups in total. The van der Waals surface area contributed by atoms with Crippen LogP contribution in [0.1, 0.15) is 13.8 Å². The molecule has 1 aliphatic rings. The molecule has 0 aromatic rings. The van der Waals surface area contributed by atoms with Gasteiger partial charge in [-0.15, -0.1) is 0 Å². The fourth-order valence-corrected chi connectivity index (χ4v) is 1.57. The summed E-state index contributed by atoms with van der Waals surface area (Å²) in [4.78, 5) is 6.13. The standard InChI is InChI=1S/C14H20N2O/c1-5-7-8-14-12(3)16(9-10-17-14)11-13(6-2)15-4/h5-8H,3-4,9-11H2,1-2H3/b7-5-,13-6-,14-8+. The maximum atomic E-state index is 5.57. The van der Waals surface area contributed by atoms with Crippen molar-refractivity contribution in [3.8, 4) is 0 Å². The van der Waals surface area contributed by atoms with Gasteiger partial charge in [0.25, 0.3) is 0 Å². The first-order valence-corrected chi connectivity index (χ1v) is 5.74. The van der Waals surface area contributed by atoms with Crippen LogP contribution in [-0.4, -0.2) is 31.3 Å². The minimum absolute atomic E-state index is 0.677. The third kappa shape index (κ3) is 3.63. The van der Waals surface area contributed by atoms with Crippen LogP contribution in [0, 0.1) is 0 Å². The molecule has 1 rings (SSSR count). The predicted molar refractivity (Wildman–Crippen MR) is 72.9 cm³/mol. The molecule has 0 amide bonds. The van der Waals surface area contributed by atoms with Crippen molar-refractivity contribution < 1.29 is 4.74 Å². The Morgan fingerprint density at radius 3 is 2.88 bits per heavy atom. The van der Waals surface area contributed by atoms with E-state index in [1.165, 1.54) is 0 Å². The quantitative estimate of drug-likeness (QED) is 0.696. The normalized spacial score (nSPS) is 19.9. The van der Waals surface area contributed by atoms with Crippen LogP contribution < -0.4 is 0 Å². The first-order chi connectivity index (χ1) is 8.22. The van der Waals surface area contributed by atoms with Crippen LogP contribution in [0.25, 0.3) is 0 Å². The Labute approximate surface area is 103 Å². The molecule has 1 saturated heterocycles. The van der Waals surface area contributed by atoms with Crippen LogP contribution in [0.5, 0.6) is 0 Å². The van der Waals surface area contributed by atoms with E-state index in [0.29, 0.717) is 6.61 Å². The van der Waals surface area contributed by atoms with E-state index in [2.05, 4.69) is 23.2 Å². The Morgan fingerprint density at radius 1 is 1.53 bits per heavy atom. The summed E-state index contributed by atoms with van der Waals surface area (Å²) in [5.41, 5.74) is 1.86. The van der Waals surface area contributed by atoms with Crippen LogP contribution in [-0.2, 0) is 4.74 Å². The SMILES string of the molecule is C=N/C(=C\C)CN1CCO/C(=C/C=C\C)C1=C. The fourth-order valence-electron chi connectivity index (χ4n) is 1.57. The largest absolute Gasteiger partial charge is 0.490 e. The van der Waals surface area contributed by atoms with Gasteiger partial charge in [-0.2, -0.15) is 0 Å². The number of hydrogen-bond donors (Lipinski definition) is 0. The van der Waals surface area contributed by atoms with Gasteiger partial charge in [0.2, 0.25) is 0 Å². The smallest absolute Gasteiger partial charge is 0.142 e. The fraction of sp³-hybridized carbons (Fsp3) is 0.357. The van der Waals surface area contributed by atoms with Gasteiger partial charge in [-0.05, 0) is 26.6 Å². The second-order valence-corrected chi connectivity index (χ2v) is 3.71. The topological polar surface area (TPSA) is 24.8 Å². The summed E-state index contributed by atoms with van der Waals surface area (Å²) in [7, 11) is 0. The lowest BCUT2D eigenvalue weighted by atomic mass is 10.2. The van der Waals surface area contributed by atoms with E-state index in [0.717, 1.165) is 30.2 Å². The third-order valence-electron chi connectivity index (χ3n) is 2.61. The molecular formula is C14H20N2O. The monoisotopic (exact) mass is 232 g/mol. The van der Waals surface area contributed by atoms with Crippen molar-refractivity contribution in [2.75, 3.05) is 19.7 Å². The summed E-state index contributed by atoms with van der Waals surface area (Å²) in [6.45, 7) is 13.8. The number of allylic oxidation sites excluding steroid dienone is 4. The molecule has 3 nitrogen and oxygen atoms in total. The molecule has 92 valence electrons. The Balaban J connectivity index is 2.75. The Morgan fingerprint density at radius 2 is 2.29 bits per heavy atom. The number of ether oxygens (including phenoxy) is 1. The van der Waals surface area contributed by atoms with Crippen LogP contribution in [0.15, 0.2) is 53.0 Å². The van der Waals surface area contributed by atoms with E-state index in [4.69, 9.17) is 4.74 Å². The summed E-state index contributed by atoms with van der Waals surface area (Å²) < 4.78 is 5.57. The average Bonchev–Trinajstić information content (AvgIpc) is 2.36. The molecule has 0 atom stereocenters. The van der Waals surface area contributed by atoms with Gasteiger partial charge in [-0.3, -0.25) is 4.99 Å². The highest BCUT2D eigenvalue weighted by Gasteiger charge is 2.18. The molecule has 0 spiro atoms. The van der Waals surface area contributed by atoms with Gasteiger partial charge in [-0.1, -0.05) is 24.8 Å². The molecule has 0 unspecified atom stereocenters. The van der Waals surface area contributed by atoms with Crippen molar-refractivity contribution in [2.45, 2.75) is 13.8 Å². The van der Waals surface area contributed by atoms with E-state index in [1.54, 1.807) is 0 Å². The zero-order valence-corrected chi connectivity index (χ0v) is 10.6. The highest BCUT2D eigenvalue weighted by Crippen LogP contribution is 2.21. The van der Waals surface area contributed by atoms with E-state index >= 15 is 0 Å². The number of aliphatic imine (C=N–C) groups is 1.